The summed E-state index contributed by atoms with van der Waals surface area (Å²) in [6.07, 6.45) is 2.45. The van der Waals surface area contributed by atoms with Crippen LogP contribution < -0.4 is 5.32 Å². The van der Waals surface area contributed by atoms with Crippen molar-refractivity contribution < 1.29 is 9.90 Å². The number of pyridine rings is 1. The third kappa shape index (κ3) is 4.28. The van der Waals surface area contributed by atoms with Crippen LogP contribution in [0.3, 0.4) is 0 Å². The number of carbonyl (C=O) groups is 1. The van der Waals surface area contributed by atoms with Gasteiger partial charge in [-0.1, -0.05) is 6.92 Å². The van der Waals surface area contributed by atoms with Gasteiger partial charge in [0.15, 0.2) is 0 Å². The van der Waals surface area contributed by atoms with Gasteiger partial charge in [-0.05, 0) is 40.9 Å². The molecule has 1 rings (SSSR count). The van der Waals surface area contributed by atoms with Crippen LogP contribution in [0.2, 0.25) is 0 Å². The number of carbonyl (C=O) groups excluding carboxylic acids is 1. The zero-order valence-corrected chi connectivity index (χ0v) is 10.7. The van der Waals surface area contributed by atoms with E-state index in [2.05, 4.69) is 26.2 Å². The summed E-state index contributed by atoms with van der Waals surface area (Å²) in [4.78, 5) is 15.5. The van der Waals surface area contributed by atoms with E-state index >= 15 is 0 Å². The van der Waals surface area contributed by atoms with Crippen LogP contribution >= 0.6 is 15.9 Å². The molecule has 1 aromatic rings. The summed E-state index contributed by atoms with van der Waals surface area (Å²) in [7, 11) is 0. The lowest BCUT2D eigenvalue weighted by Crippen LogP contribution is -2.27. The van der Waals surface area contributed by atoms with Crippen molar-refractivity contribution in [3.05, 3.63) is 28.5 Å². The van der Waals surface area contributed by atoms with Crippen LogP contribution in [-0.4, -0.2) is 28.6 Å². The van der Waals surface area contributed by atoms with Gasteiger partial charge in [-0.25, -0.2) is 4.98 Å². The summed E-state index contributed by atoms with van der Waals surface area (Å²) >= 11 is 3.20. The molecule has 2 N–H and O–H groups in total. The Balaban J connectivity index is 2.38. The zero-order valence-electron chi connectivity index (χ0n) is 9.11. The smallest absolute Gasteiger partial charge is 0.252 e. The number of nitrogens with one attached hydrogen (secondary N) is 1. The number of hydrogen-bond acceptors (Lipinski definition) is 3. The molecule has 0 spiro atoms. The molecule has 4 nitrogen and oxygen atoms in total. The Morgan fingerprint density at radius 2 is 2.38 bits per heavy atom. The summed E-state index contributed by atoms with van der Waals surface area (Å²) in [5, 5.41) is 12.0. The van der Waals surface area contributed by atoms with E-state index in [-0.39, 0.29) is 12.0 Å². The predicted octanol–water partition coefficient (Wildman–Crippen LogP) is 1.73. The standard InChI is InChI=1S/C11H15BrN2O2/c1-2-9(15)5-6-13-11(16)8-3-4-10(12)14-7-8/h3-4,7,9,15H,2,5-6H2,1H3,(H,13,16). The van der Waals surface area contributed by atoms with E-state index in [1.54, 1.807) is 12.1 Å². The molecule has 0 aliphatic rings. The number of aliphatic hydroxyl groups excluding tert-OH is 1. The third-order valence-electron chi connectivity index (χ3n) is 2.22. The zero-order chi connectivity index (χ0) is 12.0. The van der Waals surface area contributed by atoms with Crippen LogP contribution in [-0.2, 0) is 0 Å². The highest BCUT2D eigenvalue weighted by Crippen LogP contribution is 2.06. The molecule has 16 heavy (non-hydrogen) atoms. The normalized spacial score (nSPS) is 12.2. The van der Waals surface area contributed by atoms with Gasteiger partial charge in [0.25, 0.3) is 5.91 Å². The van der Waals surface area contributed by atoms with Crippen LogP contribution in [0.15, 0.2) is 22.9 Å². The summed E-state index contributed by atoms with van der Waals surface area (Å²) < 4.78 is 0.699. The first kappa shape index (κ1) is 13.1. The number of aliphatic hydroxyl groups is 1. The van der Waals surface area contributed by atoms with Crippen LogP contribution in [0.1, 0.15) is 30.1 Å². The van der Waals surface area contributed by atoms with Crippen LogP contribution in [0.5, 0.6) is 0 Å². The van der Waals surface area contributed by atoms with Gasteiger partial charge in [0.05, 0.1) is 11.7 Å². The highest BCUT2D eigenvalue weighted by molar-refractivity contribution is 9.10. The maximum Gasteiger partial charge on any atom is 0.252 e. The van der Waals surface area contributed by atoms with Crippen LogP contribution in [0, 0.1) is 0 Å². The van der Waals surface area contributed by atoms with E-state index in [9.17, 15) is 9.90 Å². The fraction of sp³-hybridized carbons (Fsp3) is 0.455. The van der Waals surface area contributed by atoms with E-state index in [1.807, 2.05) is 6.92 Å². The molecular weight excluding hydrogens is 272 g/mol. The molecule has 0 aliphatic heterocycles. The molecule has 1 heterocycles. The minimum absolute atomic E-state index is 0.164. The van der Waals surface area contributed by atoms with Gasteiger partial charge in [-0.15, -0.1) is 0 Å². The molecule has 1 unspecified atom stereocenters. The molecule has 88 valence electrons. The number of amides is 1. The van der Waals surface area contributed by atoms with Crippen LogP contribution in [0.4, 0.5) is 0 Å². The molecule has 0 fully saturated rings. The van der Waals surface area contributed by atoms with Crippen molar-refractivity contribution >= 4 is 21.8 Å². The minimum atomic E-state index is -0.344. The van der Waals surface area contributed by atoms with Crippen molar-refractivity contribution in [1.82, 2.24) is 10.3 Å². The molecule has 0 aromatic carbocycles. The lowest BCUT2D eigenvalue weighted by molar-refractivity contribution is 0.0941. The first-order valence-electron chi connectivity index (χ1n) is 5.21. The number of hydrogen-bond donors (Lipinski definition) is 2. The first-order valence-corrected chi connectivity index (χ1v) is 6.00. The van der Waals surface area contributed by atoms with Gasteiger partial charge in [0, 0.05) is 12.7 Å². The molecule has 1 aromatic heterocycles. The summed E-state index contributed by atoms with van der Waals surface area (Å²) in [5.74, 6) is -0.164. The van der Waals surface area contributed by atoms with E-state index in [0.717, 1.165) is 0 Å². The van der Waals surface area contributed by atoms with E-state index in [0.29, 0.717) is 29.6 Å². The molecular formula is C11H15BrN2O2. The lowest BCUT2D eigenvalue weighted by Gasteiger charge is -2.08. The second-order valence-corrected chi connectivity index (χ2v) is 4.29. The van der Waals surface area contributed by atoms with Crippen molar-refractivity contribution in [1.29, 1.82) is 0 Å². The molecule has 1 atom stereocenters. The second-order valence-electron chi connectivity index (χ2n) is 3.48. The second kappa shape index (κ2) is 6.60. The molecule has 0 bridgehead atoms. The van der Waals surface area contributed by atoms with Gasteiger partial charge >= 0.3 is 0 Å². The Morgan fingerprint density at radius 3 is 2.94 bits per heavy atom. The monoisotopic (exact) mass is 286 g/mol. The fourth-order valence-corrected chi connectivity index (χ4v) is 1.40. The average Bonchev–Trinajstić information content (AvgIpc) is 2.29. The van der Waals surface area contributed by atoms with E-state index < -0.39 is 0 Å². The number of halogens is 1. The molecule has 5 heteroatoms. The third-order valence-corrected chi connectivity index (χ3v) is 2.69. The predicted molar refractivity (Wildman–Crippen MR) is 65.2 cm³/mol. The molecule has 0 saturated heterocycles. The average molecular weight is 287 g/mol. The highest BCUT2D eigenvalue weighted by atomic mass is 79.9. The molecule has 1 amide bonds. The number of aromatic nitrogens is 1. The highest BCUT2D eigenvalue weighted by Gasteiger charge is 2.06. The number of rotatable bonds is 5. The summed E-state index contributed by atoms with van der Waals surface area (Å²) in [5.41, 5.74) is 0.522. The topological polar surface area (TPSA) is 62.2 Å². The molecule has 0 saturated carbocycles. The summed E-state index contributed by atoms with van der Waals surface area (Å²) in [6.45, 7) is 2.38. The largest absolute Gasteiger partial charge is 0.393 e. The Labute approximate surface area is 103 Å². The Kier molecular flexibility index (Phi) is 5.42. The van der Waals surface area contributed by atoms with Crippen molar-refractivity contribution in [3.63, 3.8) is 0 Å². The molecule has 0 aliphatic carbocycles. The first-order chi connectivity index (χ1) is 7.63. The number of nitrogens with zero attached hydrogens (tertiary/aromatic N) is 1. The Hall–Kier alpha value is -0.940. The minimum Gasteiger partial charge on any atom is -0.393 e. The molecule has 0 radical (unpaired) electrons. The summed E-state index contributed by atoms with van der Waals surface area (Å²) in [6, 6.07) is 3.42. The SMILES string of the molecule is CCC(O)CCNC(=O)c1ccc(Br)nc1. The Bertz CT molecular complexity index is 340. The van der Waals surface area contributed by atoms with Crippen molar-refractivity contribution in [2.75, 3.05) is 6.54 Å². The lowest BCUT2D eigenvalue weighted by atomic mass is 10.2. The van der Waals surface area contributed by atoms with Crippen molar-refractivity contribution in [2.45, 2.75) is 25.9 Å². The van der Waals surface area contributed by atoms with Gasteiger partial charge < -0.3 is 10.4 Å². The van der Waals surface area contributed by atoms with Gasteiger partial charge in [-0.2, -0.15) is 0 Å². The maximum absolute atomic E-state index is 11.6. The van der Waals surface area contributed by atoms with Gasteiger partial charge in [0.1, 0.15) is 4.60 Å². The maximum atomic E-state index is 11.6. The Morgan fingerprint density at radius 1 is 1.62 bits per heavy atom. The van der Waals surface area contributed by atoms with Gasteiger partial charge in [0.2, 0.25) is 0 Å². The van der Waals surface area contributed by atoms with Crippen molar-refractivity contribution in [2.24, 2.45) is 0 Å². The van der Waals surface area contributed by atoms with E-state index in [4.69, 9.17) is 0 Å². The van der Waals surface area contributed by atoms with Gasteiger partial charge in [-0.3, -0.25) is 4.79 Å². The van der Waals surface area contributed by atoms with Crippen molar-refractivity contribution in [3.8, 4) is 0 Å². The van der Waals surface area contributed by atoms with E-state index in [1.165, 1.54) is 6.20 Å². The van der Waals surface area contributed by atoms with Crippen LogP contribution in [0.25, 0.3) is 0 Å². The quantitative estimate of drug-likeness (QED) is 0.811. The fourth-order valence-electron chi connectivity index (χ4n) is 1.17.